The van der Waals surface area contributed by atoms with Crippen LogP contribution in [0.3, 0.4) is 0 Å². The van der Waals surface area contributed by atoms with Gasteiger partial charge in [-0.25, -0.2) is 8.78 Å². The Morgan fingerprint density at radius 3 is 2.94 bits per heavy atom. The Kier molecular flexibility index (Phi) is 4.66. The standard InChI is InChI=1S/C14H19F2NO/c1-17-14(7-5-11-3-2-8-18-11)12-9-10(15)4-6-13(12)16/h4,6,9,11,14,17H,2-3,5,7-8H2,1H3. The Hall–Kier alpha value is -1.00. The summed E-state index contributed by atoms with van der Waals surface area (Å²) in [6.07, 6.45) is 4.08. The number of halogens is 2. The zero-order valence-corrected chi connectivity index (χ0v) is 10.6. The first-order chi connectivity index (χ1) is 8.70. The summed E-state index contributed by atoms with van der Waals surface area (Å²) >= 11 is 0. The highest BCUT2D eigenvalue weighted by molar-refractivity contribution is 5.22. The molecule has 1 aliphatic heterocycles. The summed E-state index contributed by atoms with van der Waals surface area (Å²) in [4.78, 5) is 0. The predicted molar refractivity (Wildman–Crippen MR) is 66.4 cm³/mol. The highest BCUT2D eigenvalue weighted by atomic mass is 19.1. The average Bonchev–Trinajstić information content (AvgIpc) is 2.87. The van der Waals surface area contributed by atoms with Gasteiger partial charge in [0, 0.05) is 18.2 Å². The molecule has 1 saturated heterocycles. The highest BCUT2D eigenvalue weighted by Crippen LogP contribution is 2.25. The van der Waals surface area contributed by atoms with Crippen molar-refractivity contribution in [2.45, 2.75) is 37.8 Å². The van der Waals surface area contributed by atoms with Gasteiger partial charge in [0.25, 0.3) is 0 Å². The van der Waals surface area contributed by atoms with Crippen molar-refractivity contribution in [2.24, 2.45) is 0 Å². The van der Waals surface area contributed by atoms with Crippen LogP contribution in [-0.2, 0) is 4.74 Å². The van der Waals surface area contributed by atoms with Crippen LogP contribution in [0.5, 0.6) is 0 Å². The van der Waals surface area contributed by atoms with Crippen molar-refractivity contribution in [3.8, 4) is 0 Å². The Bertz CT molecular complexity index is 391. The van der Waals surface area contributed by atoms with Crippen LogP contribution in [0.4, 0.5) is 8.78 Å². The Labute approximate surface area is 106 Å². The van der Waals surface area contributed by atoms with Gasteiger partial charge in [-0.05, 0) is 50.9 Å². The lowest BCUT2D eigenvalue weighted by molar-refractivity contribution is 0.0997. The second-order valence-electron chi connectivity index (χ2n) is 4.72. The predicted octanol–water partition coefficient (Wildman–Crippen LogP) is 3.18. The summed E-state index contributed by atoms with van der Waals surface area (Å²) in [5.41, 5.74) is 0.399. The van der Waals surface area contributed by atoms with Crippen molar-refractivity contribution < 1.29 is 13.5 Å². The van der Waals surface area contributed by atoms with Crippen molar-refractivity contribution in [3.63, 3.8) is 0 Å². The lowest BCUT2D eigenvalue weighted by Crippen LogP contribution is -2.20. The van der Waals surface area contributed by atoms with E-state index in [1.54, 1.807) is 7.05 Å². The second kappa shape index (κ2) is 6.25. The molecule has 0 amide bonds. The molecule has 1 aliphatic rings. The topological polar surface area (TPSA) is 21.3 Å². The number of benzene rings is 1. The van der Waals surface area contributed by atoms with E-state index in [-0.39, 0.29) is 18.0 Å². The largest absolute Gasteiger partial charge is 0.378 e. The van der Waals surface area contributed by atoms with Gasteiger partial charge in [0.1, 0.15) is 11.6 Å². The third-order valence-corrected chi connectivity index (χ3v) is 3.48. The first-order valence-electron chi connectivity index (χ1n) is 6.44. The molecule has 1 aromatic rings. The van der Waals surface area contributed by atoms with E-state index >= 15 is 0 Å². The zero-order valence-electron chi connectivity index (χ0n) is 10.6. The minimum atomic E-state index is -0.399. The molecule has 1 N–H and O–H groups in total. The number of ether oxygens (including phenoxy) is 1. The summed E-state index contributed by atoms with van der Waals surface area (Å²) in [6, 6.07) is 3.43. The molecule has 0 bridgehead atoms. The molecular weight excluding hydrogens is 236 g/mol. The fourth-order valence-corrected chi connectivity index (χ4v) is 2.46. The third-order valence-electron chi connectivity index (χ3n) is 3.48. The Balaban J connectivity index is 2.00. The molecule has 0 aliphatic carbocycles. The van der Waals surface area contributed by atoms with E-state index in [2.05, 4.69) is 5.32 Å². The van der Waals surface area contributed by atoms with Gasteiger partial charge in [0.15, 0.2) is 0 Å². The van der Waals surface area contributed by atoms with Crippen LogP contribution in [0.2, 0.25) is 0 Å². The summed E-state index contributed by atoms with van der Waals surface area (Å²) in [6.45, 7) is 0.823. The summed E-state index contributed by atoms with van der Waals surface area (Å²) in [5, 5.41) is 3.05. The zero-order chi connectivity index (χ0) is 13.0. The summed E-state index contributed by atoms with van der Waals surface area (Å²) in [7, 11) is 1.77. The molecule has 2 atom stereocenters. The molecule has 4 heteroatoms. The lowest BCUT2D eigenvalue weighted by atomic mass is 9.99. The van der Waals surface area contributed by atoms with Crippen molar-refractivity contribution in [2.75, 3.05) is 13.7 Å². The maximum atomic E-state index is 13.7. The van der Waals surface area contributed by atoms with Crippen LogP contribution in [0.25, 0.3) is 0 Å². The number of hydrogen-bond donors (Lipinski definition) is 1. The molecule has 18 heavy (non-hydrogen) atoms. The first-order valence-corrected chi connectivity index (χ1v) is 6.44. The van der Waals surface area contributed by atoms with Crippen LogP contribution in [0, 0.1) is 11.6 Å². The van der Waals surface area contributed by atoms with Crippen molar-refractivity contribution >= 4 is 0 Å². The molecule has 2 nitrogen and oxygen atoms in total. The van der Waals surface area contributed by atoms with Gasteiger partial charge in [-0.1, -0.05) is 0 Å². The molecule has 1 heterocycles. The molecular formula is C14H19F2NO. The van der Waals surface area contributed by atoms with Crippen LogP contribution < -0.4 is 5.32 Å². The fraction of sp³-hybridized carbons (Fsp3) is 0.571. The van der Waals surface area contributed by atoms with Crippen LogP contribution >= 0.6 is 0 Å². The molecule has 0 spiro atoms. The van der Waals surface area contributed by atoms with Crippen molar-refractivity contribution in [3.05, 3.63) is 35.4 Å². The van der Waals surface area contributed by atoms with Crippen molar-refractivity contribution in [1.82, 2.24) is 5.32 Å². The monoisotopic (exact) mass is 255 g/mol. The number of hydrogen-bond acceptors (Lipinski definition) is 2. The van der Waals surface area contributed by atoms with Gasteiger partial charge in [0.05, 0.1) is 6.10 Å². The maximum absolute atomic E-state index is 13.7. The van der Waals surface area contributed by atoms with E-state index in [0.717, 1.165) is 38.4 Å². The van der Waals surface area contributed by atoms with E-state index in [1.807, 2.05) is 0 Å². The normalized spacial score (nSPS) is 21.2. The van der Waals surface area contributed by atoms with Crippen LogP contribution in [0.15, 0.2) is 18.2 Å². The Morgan fingerprint density at radius 1 is 1.44 bits per heavy atom. The molecule has 0 radical (unpaired) electrons. The molecule has 1 fully saturated rings. The van der Waals surface area contributed by atoms with Gasteiger partial charge < -0.3 is 10.1 Å². The summed E-state index contributed by atoms with van der Waals surface area (Å²) < 4.78 is 32.4. The molecule has 2 unspecified atom stereocenters. The highest BCUT2D eigenvalue weighted by Gasteiger charge is 2.20. The number of rotatable bonds is 5. The minimum Gasteiger partial charge on any atom is -0.378 e. The Morgan fingerprint density at radius 2 is 2.28 bits per heavy atom. The van der Waals surface area contributed by atoms with Gasteiger partial charge in [-0.2, -0.15) is 0 Å². The first kappa shape index (κ1) is 13.4. The van der Waals surface area contributed by atoms with Gasteiger partial charge in [-0.15, -0.1) is 0 Å². The number of nitrogens with one attached hydrogen (secondary N) is 1. The minimum absolute atomic E-state index is 0.162. The van der Waals surface area contributed by atoms with Gasteiger partial charge in [-0.3, -0.25) is 0 Å². The van der Waals surface area contributed by atoms with Crippen LogP contribution in [-0.4, -0.2) is 19.8 Å². The molecule has 1 aromatic carbocycles. The molecule has 0 aromatic heterocycles. The molecule has 100 valence electrons. The second-order valence-corrected chi connectivity index (χ2v) is 4.72. The van der Waals surface area contributed by atoms with Crippen LogP contribution in [0.1, 0.15) is 37.3 Å². The van der Waals surface area contributed by atoms with Crippen molar-refractivity contribution in [1.29, 1.82) is 0 Å². The maximum Gasteiger partial charge on any atom is 0.128 e. The quantitative estimate of drug-likeness (QED) is 0.872. The van der Waals surface area contributed by atoms with E-state index < -0.39 is 5.82 Å². The van der Waals surface area contributed by atoms with E-state index in [9.17, 15) is 8.78 Å². The SMILES string of the molecule is CNC(CCC1CCCO1)c1cc(F)ccc1F. The van der Waals surface area contributed by atoms with E-state index in [4.69, 9.17) is 4.74 Å². The smallest absolute Gasteiger partial charge is 0.128 e. The third kappa shape index (κ3) is 3.27. The molecule has 0 saturated carbocycles. The van der Waals surface area contributed by atoms with Gasteiger partial charge >= 0.3 is 0 Å². The average molecular weight is 255 g/mol. The van der Waals surface area contributed by atoms with E-state index in [0.29, 0.717) is 5.56 Å². The summed E-state index contributed by atoms with van der Waals surface area (Å²) in [5.74, 6) is -0.758. The van der Waals surface area contributed by atoms with Gasteiger partial charge in [0.2, 0.25) is 0 Å². The lowest BCUT2D eigenvalue weighted by Gasteiger charge is -2.19. The fourth-order valence-electron chi connectivity index (χ4n) is 2.46. The molecule has 2 rings (SSSR count). The van der Waals surface area contributed by atoms with E-state index in [1.165, 1.54) is 12.1 Å².